The van der Waals surface area contributed by atoms with E-state index < -0.39 is 0 Å². The summed E-state index contributed by atoms with van der Waals surface area (Å²) in [5.74, 6) is 0.602. The van der Waals surface area contributed by atoms with Gasteiger partial charge < -0.3 is 5.32 Å². The molecule has 21 heavy (non-hydrogen) atoms. The lowest BCUT2D eigenvalue weighted by Gasteiger charge is -2.28. The SMILES string of the molecule is Cc1cc(C)n(CCNC(=O)C(CC(C)(C)C)C(C)C)n1. The highest BCUT2D eigenvalue weighted by atomic mass is 16.1. The maximum Gasteiger partial charge on any atom is 0.223 e. The van der Waals surface area contributed by atoms with Crippen molar-refractivity contribution in [1.29, 1.82) is 0 Å². The van der Waals surface area contributed by atoms with Crippen molar-refractivity contribution in [2.75, 3.05) is 6.54 Å². The second kappa shape index (κ2) is 7.10. The van der Waals surface area contributed by atoms with Crippen molar-refractivity contribution in [2.24, 2.45) is 17.3 Å². The van der Waals surface area contributed by atoms with Crippen molar-refractivity contribution in [2.45, 2.75) is 61.4 Å². The van der Waals surface area contributed by atoms with E-state index in [9.17, 15) is 4.79 Å². The van der Waals surface area contributed by atoms with Gasteiger partial charge in [0.15, 0.2) is 0 Å². The van der Waals surface area contributed by atoms with Gasteiger partial charge in [0, 0.05) is 18.2 Å². The van der Waals surface area contributed by atoms with Crippen molar-refractivity contribution in [1.82, 2.24) is 15.1 Å². The van der Waals surface area contributed by atoms with Gasteiger partial charge in [-0.3, -0.25) is 9.48 Å². The van der Waals surface area contributed by atoms with Crippen LogP contribution in [0.5, 0.6) is 0 Å². The number of aromatic nitrogens is 2. The average Bonchev–Trinajstić information content (AvgIpc) is 2.63. The number of nitrogens with one attached hydrogen (secondary N) is 1. The molecular weight excluding hydrogens is 262 g/mol. The Labute approximate surface area is 129 Å². The minimum absolute atomic E-state index is 0.0745. The number of carbonyl (C=O) groups excluding carboxylic acids is 1. The van der Waals surface area contributed by atoms with Crippen LogP contribution in [-0.4, -0.2) is 22.2 Å². The first kappa shape index (κ1) is 17.7. The van der Waals surface area contributed by atoms with Crippen LogP contribution >= 0.6 is 0 Å². The number of nitrogens with zero attached hydrogens (tertiary/aromatic N) is 2. The maximum atomic E-state index is 12.4. The van der Waals surface area contributed by atoms with Crippen LogP contribution in [0.2, 0.25) is 0 Å². The van der Waals surface area contributed by atoms with Gasteiger partial charge in [0.1, 0.15) is 0 Å². The molecule has 1 rings (SSSR count). The van der Waals surface area contributed by atoms with E-state index in [1.165, 1.54) is 0 Å². The Balaban J connectivity index is 2.52. The Hall–Kier alpha value is -1.32. The summed E-state index contributed by atoms with van der Waals surface area (Å²) in [6, 6.07) is 2.05. The lowest BCUT2D eigenvalue weighted by molar-refractivity contribution is -0.127. The molecule has 0 aliphatic heterocycles. The highest BCUT2D eigenvalue weighted by Crippen LogP contribution is 2.28. The molecule has 1 unspecified atom stereocenters. The average molecular weight is 293 g/mol. The molecule has 1 amide bonds. The Morgan fingerprint density at radius 1 is 1.33 bits per heavy atom. The van der Waals surface area contributed by atoms with E-state index in [0.29, 0.717) is 12.5 Å². The van der Waals surface area contributed by atoms with Crippen LogP contribution < -0.4 is 5.32 Å². The second-order valence-electron chi connectivity index (χ2n) is 7.56. The summed E-state index contributed by atoms with van der Waals surface area (Å²) in [5, 5.41) is 7.48. The van der Waals surface area contributed by atoms with E-state index in [1.807, 2.05) is 18.5 Å². The first-order valence-electron chi connectivity index (χ1n) is 7.89. The molecule has 0 spiro atoms. The van der Waals surface area contributed by atoms with Crippen LogP contribution in [0, 0.1) is 31.1 Å². The molecule has 1 N–H and O–H groups in total. The van der Waals surface area contributed by atoms with E-state index in [1.54, 1.807) is 0 Å². The molecule has 0 aromatic carbocycles. The summed E-state index contributed by atoms with van der Waals surface area (Å²) in [4.78, 5) is 12.4. The second-order valence-corrected chi connectivity index (χ2v) is 7.56. The first-order chi connectivity index (χ1) is 9.60. The van der Waals surface area contributed by atoms with E-state index in [-0.39, 0.29) is 17.2 Å². The molecule has 1 atom stereocenters. The van der Waals surface area contributed by atoms with Crippen LogP contribution in [-0.2, 0) is 11.3 Å². The molecule has 0 bridgehead atoms. The van der Waals surface area contributed by atoms with Gasteiger partial charge in [0.05, 0.1) is 12.2 Å². The quantitative estimate of drug-likeness (QED) is 0.874. The van der Waals surface area contributed by atoms with Crippen LogP contribution in [0.25, 0.3) is 0 Å². The molecule has 0 aliphatic carbocycles. The number of rotatable bonds is 6. The molecule has 4 nitrogen and oxygen atoms in total. The molecule has 0 saturated heterocycles. The molecule has 1 aromatic rings. The highest BCUT2D eigenvalue weighted by Gasteiger charge is 2.27. The number of hydrogen-bond donors (Lipinski definition) is 1. The van der Waals surface area contributed by atoms with Gasteiger partial charge in [-0.1, -0.05) is 34.6 Å². The largest absolute Gasteiger partial charge is 0.354 e. The van der Waals surface area contributed by atoms with Crippen LogP contribution in [0.1, 0.15) is 52.4 Å². The summed E-state index contributed by atoms with van der Waals surface area (Å²) < 4.78 is 1.95. The van der Waals surface area contributed by atoms with Gasteiger partial charge in [0.2, 0.25) is 5.91 Å². The Kier molecular flexibility index (Phi) is 5.99. The predicted molar refractivity (Wildman–Crippen MR) is 87.1 cm³/mol. The molecule has 0 radical (unpaired) electrons. The molecule has 4 heteroatoms. The van der Waals surface area contributed by atoms with Gasteiger partial charge in [-0.25, -0.2) is 0 Å². The Bertz CT molecular complexity index is 469. The third-order valence-electron chi connectivity index (χ3n) is 3.70. The number of hydrogen-bond acceptors (Lipinski definition) is 2. The monoisotopic (exact) mass is 293 g/mol. The molecule has 0 fully saturated rings. The van der Waals surface area contributed by atoms with Crippen molar-refractivity contribution in [3.05, 3.63) is 17.5 Å². The summed E-state index contributed by atoms with van der Waals surface area (Å²) in [6.45, 7) is 16.2. The van der Waals surface area contributed by atoms with Crippen LogP contribution in [0.3, 0.4) is 0 Å². The highest BCUT2D eigenvalue weighted by molar-refractivity contribution is 5.78. The van der Waals surface area contributed by atoms with Gasteiger partial charge in [-0.05, 0) is 37.7 Å². The van der Waals surface area contributed by atoms with E-state index in [2.05, 4.69) is 51.1 Å². The van der Waals surface area contributed by atoms with Crippen molar-refractivity contribution >= 4 is 5.91 Å². The Morgan fingerprint density at radius 2 is 1.95 bits per heavy atom. The maximum absolute atomic E-state index is 12.4. The molecular formula is C17H31N3O. The van der Waals surface area contributed by atoms with Crippen LogP contribution in [0.4, 0.5) is 0 Å². The standard InChI is InChI=1S/C17H31N3O/c1-12(2)15(11-17(5,6)7)16(21)18-8-9-20-14(4)10-13(3)19-20/h10,12,15H,8-9,11H2,1-7H3,(H,18,21). The van der Waals surface area contributed by atoms with E-state index >= 15 is 0 Å². The van der Waals surface area contributed by atoms with Crippen molar-refractivity contribution in [3.63, 3.8) is 0 Å². The summed E-state index contributed by atoms with van der Waals surface area (Å²) in [7, 11) is 0. The van der Waals surface area contributed by atoms with Crippen molar-refractivity contribution in [3.8, 4) is 0 Å². The zero-order valence-corrected chi connectivity index (χ0v) is 14.7. The zero-order valence-electron chi connectivity index (χ0n) is 14.7. The van der Waals surface area contributed by atoms with Gasteiger partial charge in [0.25, 0.3) is 0 Å². The van der Waals surface area contributed by atoms with Gasteiger partial charge in [-0.15, -0.1) is 0 Å². The predicted octanol–water partition coefficient (Wildman–Crippen LogP) is 3.32. The van der Waals surface area contributed by atoms with Gasteiger partial charge in [-0.2, -0.15) is 5.10 Å². The van der Waals surface area contributed by atoms with Crippen molar-refractivity contribution < 1.29 is 4.79 Å². The molecule has 120 valence electrons. The number of carbonyl (C=O) groups is 1. The van der Waals surface area contributed by atoms with Crippen LogP contribution in [0.15, 0.2) is 6.07 Å². The first-order valence-corrected chi connectivity index (χ1v) is 7.89. The van der Waals surface area contributed by atoms with Gasteiger partial charge >= 0.3 is 0 Å². The fourth-order valence-corrected chi connectivity index (χ4v) is 2.61. The fraction of sp³-hybridized carbons (Fsp3) is 0.765. The van der Waals surface area contributed by atoms with E-state index in [4.69, 9.17) is 0 Å². The Morgan fingerprint density at radius 3 is 2.38 bits per heavy atom. The third kappa shape index (κ3) is 5.90. The molecule has 0 aliphatic rings. The number of aryl methyl sites for hydroxylation is 2. The lowest BCUT2D eigenvalue weighted by atomic mass is 9.79. The minimum atomic E-state index is 0.0745. The fourth-order valence-electron chi connectivity index (χ4n) is 2.61. The summed E-state index contributed by atoms with van der Waals surface area (Å²) >= 11 is 0. The number of amides is 1. The molecule has 1 aromatic heterocycles. The summed E-state index contributed by atoms with van der Waals surface area (Å²) in [6.07, 6.45) is 0.913. The van der Waals surface area contributed by atoms with E-state index in [0.717, 1.165) is 24.4 Å². The topological polar surface area (TPSA) is 46.9 Å². The molecule has 1 heterocycles. The smallest absolute Gasteiger partial charge is 0.223 e. The zero-order chi connectivity index (χ0) is 16.2. The minimum Gasteiger partial charge on any atom is -0.354 e. The normalized spacial score (nSPS) is 13.5. The third-order valence-corrected chi connectivity index (χ3v) is 3.70. The lowest BCUT2D eigenvalue weighted by Crippen LogP contribution is -2.37. The molecule has 0 saturated carbocycles. The summed E-state index contributed by atoms with van der Waals surface area (Å²) in [5.41, 5.74) is 2.32.